The number of benzene rings is 2. The van der Waals surface area contributed by atoms with E-state index in [1.807, 2.05) is 31.2 Å². The van der Waals surface area contributed by atoms with Crippen LogP contribution >= 0.6 is 12.2 Å². The van der Waals surface area contributed by atoms with Gasteiger partial charge in [-0.05, 0) is 43.5 Å². The summed E-state index contributed by atoms with van der Waals surface area (Å²) in [4.78, 5) is 14.6. The molecular formula is C22H19F3N3OS+. The summed E-state index contributed by atoms with van der Waals surface area (Å²) < 4.78 is 40.4. The highest BCUT2D eigenvalue weighted by molar-refractivity contribution is 7.80. The van der Waals surface area contributed by atoms with Gasteiger partial charge in [-0.2, -0.15) is 18.4 Å². The number of aryl methyl sites for hydroxylation is 1. The second-order valence-electron chi connectivity index (χ2n) is 7.92. The van der Waals surface area contributed by atoms with Gasteiger partial charge in [0.05, 0.1) is 22.1 Å². The Labute approximate surface area is 177 Å². The van der Waals surface area contributed by atoms with Crippen molar-refractivity contribution >= 4 is 22.9 Å². The smallest absolute Gasteiger partial charge is 0.192 e. The maximum Gasteiger partial charge on any atom is 0.417 e. The minimum atomic E-state index is -4.71. The SMILES string of the molecule is Cc1ccc(C2C(=S)N(c3ccc(C#N)c(C(F)(F)F)c3)[N+](=O)C23CCCC3)cc1. The Morgan fingerprint density at radius 3 is 2.37 bits per heavy atom. The van der Waals surface area contributed by atoms with Crippen LogP contribution in [0.1, 0.15) is 53.9 Å². The van der Waals surface area contributed by atoms with E-state index in [9.17, 15) is 18.1 Å². The molecular weight excluding hydrogens is 411 g/mol. The molecule has 4 rings (SSSR count). The van der Waals surface area contributed by atoms with E-state index < -0.39 is 28.8 Å². The number of hydrazine groups is 1. The van der Waals surface area contributed by atoms with Crippen LogP contribution in [0.25, 0.3) is 0 Å². The van der Waals surface area contributed by atoms with Crippen molar-refractivity contribution in [1.82, 2.24) is 0 Å². The normalized spacial score (nSPS) is 20.8. The summed E-state index contributed by atoms with van der Waals surface area (Å²) in [7, 11) is 0. The molecule has 30 heavy (non-hydrogen) atoms. The number of anilines is 1. The molecule has 0 amide bonds. The number of nitriles is 1. The van der Waals surface area contributed by atoms with E-state index in [4.69, 9.17) is 17.5 Å². The Kier molecular flexibility index (Phi) is 4.89. The summed E-state index contributed by atoms with van der Waals surface area (Å²) in [5.41, 5.74) is -0.375. The number of hydrogen-bond acceptors (Lipinski definition) is 3. The van der Waals surface area contributed by atoms with E-state index in [0.29, 0.717) is 12.8 Å². The third-order valence-corrected chi connectivity index (χ3v) is 6.52. The third kappa shape index (κ3) is 3.08. The van der Waals surface area contributed by atoms with Gasteiger partial charge in [-0.25, -0.2) is 0 Å². The first-order chi connectivity index (χ1) is 14.2. The summed E-state index contributed by atoms with van der Waals surface area (Å²) in [5, 5.41) is 10.2. The van der Waals surface area contributed by atoms with Crippen LogP contribution in [0.15, 0.2) is 42.5 Å². The molecule has 0 radical (unpaired) electrons. The Balaban J connectivity index is 1.84. The average molecular weight is 430 g/mol. The molecule has 1 atom stereocenters. The first kappa shape index (κ1) is 20.5. The standard InChI is InChI=1S/C22H19F3N3OS/c1-14-4-6-15(7-5-14)19-20(30)27(28(29)21(19)10-2-3-11-21)17-9-8-16(13-26)18(12-17)22(23,24)25/h4-9,12,19H,2-3,10-11H2,1H3/q+1. The van der Waals surface area contributed by atoms with Crippen LogP contribution < -0.4 is 5.01 Å². The highest BCUT2D eigenvalue weighted by atomic mass is 32.1. The number of alkyl halides is 3. The lowest BCUT2D eigenvalue weighted by Gasteiger charge is -2.19. The number of nitroso groups, excluding NO2 is 1. The van der Waals surface area contributed by atoms with Gasteiger partial charge in [0.2, 0.25) is 0 Å². The maximum absolute atomic E-state index is 13.5. The lowest BCUT2D eigenvalue weighted by atomic mass is 9.79. The molecule has 1 aliphatic carbocycles. The van der Waals surface area contributed by atoms with E-state index in [1.54, 1.807) is 6.07 Å². The fraction of sp³-hybridized carbons (Fsp3) is 0.364. The lowest BCUT2D eigenvalue weighted by molar-refractivity contribution is -0.615. The Morgan fingerprint density at radius 2 is 1.80 bits per heavy atom. The third-order valence-electron chi connectivity index (χ3n) is 6.11. The zero-order valence-corrected chi connectivity index (χ0v) is 17.1. The monoisotopic (exact) mass is 430 g/mol. The topological polar surface area (TPSA) is 47.1 Å². The first-order valence-electron chi connectivity index (χ1n) is 9.68. The molecule has 1 heterocycles. The van der Waals surface area contributed by atoms with E-state index in [-0.39, 0.29) is 10.7 Å². The molecule has 1 spiro atoms. The Morgan fingerprint density at radius 1 is 1.17 bits per heavy atom. The van der Waals surface area contributed by atoms with E-state index >= 15 is 0 Å². The van der Waals surface area contributed by atoms with Crippen molar-refractivity contribution in [3.05, 3.63) is 69.6 Å². The van der Waals surface area contributed by atoms with Crippen molar-refractivity contribution in [3.63, 3.8) is 0 Å². The molecule has 8 heteroatoms. The van der Waals surface area contributed by atoms with Gasteiger partial charge in [0, 0.05) is 12.8 Å². The zero-order chi connectivity index (χ0) is 21.7. The van der Waals surface area contributed by atoms with Crippen LogP contribution in [0.3, 0.4) is 0 Å². The summed E-state index contributed by atoms with van der Waals surface area (Å²) in [6.07, 6.45) is -1.75. The first-order valence-corrected chi connectivity index (χ1v) is 10.1. The second kappa shape index (κ2) is 7.17. The number of rotatable bonds is 2. The van der Waals surface area contributed by atoms with Crippen molar-refractivity contribution in [1.29, 1.82) is 5.26 Å². The van der Waals surface area contributed by atoms with Gasteiger partial charge >= 0.3 is 6.18 Å². The molecule has 2 aromatic rings. The van der Waals surface area contributed by atoms with Crippen LogP contribution in [0.4, 0.5) is 18.9 Å². The lowest BCUT2D eigenvalue weighted by Crippen LogP contribution is -2.41. The van der Waals surface area contributed by atoms with Crippen molar-refractivity contribution < 1.29 is 18.0 Å². The fourth-order valence-corrected chi connectivity index (χ4v) is 5.19. The molecule has 4 nitrogen and oxygen atoms in total. The molecule has 2 aliphatic rings. The van der Waals surface area contributed by atoms with Gasteiger partial charge in [0.1, 0.15) is 16.5 Å². The van der Waals surface area contributed by atoms with Gasteiger partial charge in [-0.15, -0.1) is 0 Å². The van der Waals surface area contributed by atoms with Crippen LogP contribution in [0, 0.1) is 23.2 Å². The second-order valence-corrected chi connectivity index (χ2v) is 8.34. The molecule has 0 N–H and O–H groups in total. The molecule has 2 fully saturated rings. The minimum absolute atomic E-state index is 0.0298. The summed E-state index contributed by atoms with van der Waals surface area (Å²) in [6.45, 7) is 1.96. The average Bonchev–Trinajstić information content (AvgIpc) is 3.26. The number of halogens is 3. The fourth-order valence-electron chi connectivity index (χ4n) is 4.66. The number of hydrogen-bond donors (Lipinski definition) is 0. The van der Waals surface area contributed by atoms with Crippen molar-refractivity contribution in [2.75, 3.05) is 5.01 Å². The maximum atomic E-state index is 13.5. The molecule has 1 unspecified atom stereocenters. The van der Waals surface area contributed by atoms with Crippen LogP contribution in [-0.4, -0.2) is 15.4 Å². The number of thiocarbonyl (C=S) groups is 1. The molecule has 0 aromatic heterocycles. The van der Waals surface area contributed by atoms with Crippen LogP contribution in [0.2, 0.25) is 0 Å². The summed E-state index contributed by atoms with van der Waals surface area (Å²) in [6, 6.07) is 12.6. The molecule has 2 aromatic carbocycles. The molecule has 1 aliphatic heterocycles. The van der Waals surface area contributed by atoms with Crippen LogP contribution in [0.5, 0.6) is 0 Å². The highest BCUT2D eigenvalue weighted by Crippen LogP contribution is 2.51. The predicted octanol–water partition coefficient (Wildman–Crippen LogP) is 5.82. The van der Waals surface area contributed by atoms with Gasteiger partial charge in [-0.1, -0.05) is 47.1 Å². The predicted molar refractivity (Wildman–Crippen MR) is 110 cm³/mol. The van der Waals surface area contributed by atoms with E-state index in [2.05, 4.69) is 0 Å². The van der Waals surface area contributed by atoms with E-state index in [1.165, 1.54) is 11.1 Å². The number of nitrogens with zero attached hydrogens (tertiary/aromatic N) is 3. The van der Waals surface area contributed by atoms with E-state index in [0.717, 1.165) is 41.0 Å². The summed E-state index contributed by atoms with van der Waals surface area (Å²) in [5.74, 6) is -0.391. The highest BCUT2D eigenvalue weighted by Gasteiger charge is 2.67. The molecule has 0 bridgehead atoms. The quantitative estimate of drug-likeness (QED) is 0.445. The minimum Gasteiger partial charge on any atom is -0.192 e. The van der Waals surface area contributed by atoms with Crippen molar-refractivity contribution in [2.24, 2.45) is 0 Å². The summed E-state index contributed by atoms with van der Waals surface area (Å²) >= 11 is 5.68. The van der Waals surface area contributed by atoms with Gasteiger partial charge in [0.15, 0.2) is 4.99 Å². The van der Waals surface area contributed by atoms with Crippen molar-refractivity contribution in [2.45, 2.75) is 50.2 Å². The molecule has 1 saturated carbocycles. The van der Waals surface area contributed by atoms with Crippen LogP contribution in [-0.2, 0) is 6.18 Å². The van der Waals surface area contributed by atoms with Gasteiger partial charge in [0.25, 0.3) is 5.54 Å². The molecule has 154 valence electrons. The van der Waals surface area contributed by atoms with Gasteiger partial charge < -0.3 is 0 Å². The molecule has 1 saturated heterocycles. The Hall–Kier alpha value is -2.79. The van der Waals surface area contributed by atoms with Crippen molar-refractivity contribution in [3.8, 4) is 6.07 Å². The van der Waals surface area contributed by atoms with Gasteiger partial charge in [-0.3, -0.25) is 0 Å². The zero-order valence-electron chi connectivity index (χ0n) is 16.2. The Bertz CT molecular complexity index is 1070. The largest absolute Gasteiger partial charge is 0.417 e.